The molecule has 0 N–H and O–H groups in total. The van der Waals surface area contributed by atoms with Gasteiger partial charge in [-0.25, -0.2) is 0 Å². The minimum atomic E-state index is -0.0849. The van der Waals surface area contributed by atoms with Gasteiger partial charge < -0.3 is 9.80 Å². The van der Waals surface area contributed by atoms with Crippen molar-refractivity contribution >= 4 is 100 Å². The molecule has 400 valence electrons. The first-order valence-electron chi connectivity index (χ1n) is 29.7. The topological polar surface area (TPSA) is 6.48 Å². The molecule has 0 aliphatic carbocycles. The molecule has 0 aromatic heterocycles. The zero-order valence-corrected chi connectivity index (χ0v) is 49.1. The van der Waals surface area contributed by atoms with Gasteiger partial charge in [-0.3, -0.25) is 0 Å². The summed E-state index contributed by atoms with van der Waals surface area (Å²) in [4.78, 5) is 5.26. The van der Waals surface area contributed by atoms with E-state index in [0.29, 0.717) is 0 Å². The first-order valence-corrected chi connectivity index (χ1v) is 29.7. The molecule has 0 bridgehead atoms. The highest BCUT2D eigenvalue weighted by Crippen LogP contribution is 2.52. The number of hydrogen-bond donors (Lipinski definition) is 0. The van der Waals surface area contributed by atoms with Gasteiger partial charge in [-0.15, -0.1) is 0 Å². The van der Waals surface area contributed by atoms with E-state index in [4.69, 9.17) is 0 Å². The summed E-state index contributed by atoms with van der Waals surface area (Å²) < 4.78 is 0. The van der Waals surface area contributed by atoms with Crippen molar-refractivity contribution in [3.05, 3.63) is 259 Å². The number of hydrogen-bond acceptors (Lipinski definition) is 2. The van der Waals surface area contributed by atoms with Gasteiger partial charge in [0, 0.05) is 39.3 Å². The number of fused-ring (bicyclic) bond motifs is 6. The van der Waals surface area contributed by atoms with Crippen molar-refractivity contribution in [2.75, 3.05) is 9.80 Å². The Labute approximate surface area is 489 Å². The molecule has 0 unspecified atom stereocenters. The van der Waals surface area contributed by atoms with Crippen LogP contribution in [-0.4, -0.2) is 6.71 Å². The minimum Gasteiger partial charge on any atom is -0.311 e. The van der Waals surface area contributed by atoms with Gasteiger partial charge in [-0.1, -0.05) is 256 Å². The van der Waals surface area contributed by atoms with Crippen LogP contribution < -0.4 is 26.2 Å². The number of para-hydroxylation sites is 2. The third kappa shape index (κ3) is 8.22. The SMILES string of the molecule is CC(C)(C)c1ccc2c(c1)B1c3ccc4ccccc4c3N(c3ccccc3-c3ccccc3)c3cc(-c4cccc(-c5cc6cc(C(C)(C)C)cc7ccc8cc(C(C)(C)C)cc5c8c76)c4)cc(c31)N2c1ccccc1-c1ccccc1. The van der Waals surface area contributed by atoms with Crippen LogP contribution in [-0.2, 0) is 16.2 Å². The van der Waals surface area contributed by atoms with E-state index in [0.717, 1.165) is 16.9 Å². The normalized spacial score (nSPS) is 13.3. The van der Waals surface area contributed by atoms with Crippen molar-refractivity contribution in [3.8, 4) is 44.5 Å². The maximum absolute atomic E-state index is 2.64. The molecule has 0 spiro atoms. The maximum Gasteiger partial charge on any atom is 0.252 e. The van der Waals surface area contributed by atoms with Crippen LogP contribution in [0.1, 0.15) is 79.0 Å². The Balaban J connectivity index is 1.06. The van der Waals surface area contributed by atoms with E-state index in [2.05, 4.69) is 315 Å². The van der Waals surface area contributed by atoms with Crippen LogP contribution in [0.2, 0.25) is 0 Å². The third-order valence-electron chi connectivity index (χ3n) is 18.2. The van der Waals surface area contributed by atoms with E-state index in [1.54, 1.807) is 0 Å². The van der Waals surface area contributed by atoms with Crippen LogP contribution in [0, 0.1) is 0 Å². The number of nitrogens with zero attached hydrogens (tertiary/aromatic N) is 2. The lowest BCUT2D eigenvalue weighted by atomic mass is 9.33. The summed E-state index contributed by atoms with van der Waals surface area (Å²) in [7, 11) is 0. The molecule has 15 rings (SSSR count). The second-order valence-corrected chi connectivity index (χ2v) is 26.5. The number of rotatable bonds is 6. The molecule has 2 aliphatic heterocycles. The molecule has 0 radical (unpaired) electrons. The molecular formula is C80H67BN2. The fraction of sp³-hybridized carbons (Fsp3) is 0.150. The summed E-state index contributed by atoms with van der Waals surface area (Å²) in [5.74, 6) is 0. The average molecular weight is 1070 g/mol. The zero-order chi connectivity index (χ0) is 56.7. The Bertz CT molecular complexity index is 4740. The standard InChI is InChI=1S/C80H67BN2/c1-78(2,3)59-38-40-71-68(49-59)81-67-39-37-52-27-16-17-32-64(52)77(67)83(70-34-21-19-31-63(70)51-25-14-11-15-26-51)73-47-57(46-72(76(73)81)82(71)69-33-20-18-30-62(69)50-23-12-10-13-24-50)53-28-22-29-54(41-53)65-45-58-44-60(79(4,5)6)42-55-35-36-56-43-61(80(7,8)9)48-66(65)75(56)74(55)58/h10-49H,1-9H3. The van der Waals surface area contributed by atoms with Gasteiger partial charge >= 0.3 is 0 Å². The summed E-state index contributed by atoms with van der Waals surface area (Å²) in [6, 6.07) is 92.8. The van der Waals surface area contributed by atoms with Crippen LogP contribution in [0.15, 0.2) is 243 Å². The van der Waals surface area contributed by atoms with E-state index in [1.165, 1.54) is 138 Å². The van der Waals surface area contributed by atoms with E-state index in [9.17, 15) is 0 Å². The maximum atomic E-state index is 2.64. The fourth-order valence-corrected chi connectivity index (χ4v) is 13.9. The average Bonchev–Trinajstić information content (AvgIpc) is 1.72. The van der Waals surface area contributed by atoms with Gasteiger partial charge in [-0.05, 0) is 169 Å². The fourth-order valence-electron chi connectivity index (χ4n) is 13.9. The molecule has 0 fully saturated rings. The van der Waals surface area contributed by atoms with Gasteiger partial charge in [0.05, 0.1) is 11.4 Å². The van der Waals surface area contributed by atoms with Crippen molar-refractivity contribution in [3.63, 3.8) is 0 Å². The summed E-state index contributed by atoms with van der Waals surface area (Å²) in [6.07, 6.45) is 0. The van der Waals surface area contributed by atoms with Crippen LogP contribution in [0.3, 0.4) is 0 Å². The number of anilines is 6. The second-order valence-electron chi connectivity index (χ2n) is 26.5. The van der Waals surface area contributed by atoms with E-state index >= 15 is 0 Å². The Kier molecular flexibility index (Phi) is 11.4. The summed E-state index contributed by atoms with van der Waals surface area (Å²) in [5, 5.41) is 10.3. The molecule has 0 saturated heterocycles. The highest BCUT2D eigenvalue weighted by atomic mass is 15.2. The van der Waals surface area contributed by atoms with Crippen LogP contribution in [0.4, 0.5) is 34.1 Å². The van der Waals surface area contributed by atoms with E-state index in [-0.39, 0.29) is 23.0 Å². The van der Waals surface area contributed by atoms with E-state index in [1.807, 2.05) is 0 Å². The van der Waals surface area contributed by atoms with Crippen molar-refractivity contribution in [2.24, 2.45) is 0 Å². The molecule has 2 heterocycles. The lowest BCUT2D eigenvalue weighted by Gasteiger charge is -2.45. The molecular weight excluding hydrogens is 1000 g/mol. The lowest BCUT2D eigenvalue weighted by molar-refractivity contribution is 0.590. The van der Waals surface area contributed by atoms with Crippen molar-refractivity contribution in [1.29, 1.82) is 0 Å². The van der Waals surface area contributed by atoms with Gasteiger partial charge in [-0.2, -0.15) is 0 Å². The van der Waals surface area contributed by atoms with Crippen LogP contribution in [0.5, 0.6) is 0 Å². The monoisotopic (exact) mass is 1070 g/mol. The Morgan fingerprint density at radius 1 is 0.277 bits per heavy atom. The van der Waals surface area contributed by atoms with Crippen LogP contribution >= 0.6 is 0 Å². The minimum absolute atomic E-state index is 0.0111. The van der Waals surface area contributed by atoms with Crippen molar-refractivity contribution in [2.45, 2.75) is 78.6 Å². The van der Waals surface area contributed by atoms with Gasteiger partial charge in [0.25, 0.3) is 6.71 Å². The molecule has 13 aromatic carbocycles. The highest BCUT2D eigenvalue weighted by Gasteiger charge is 2.45. The smallest absolute Gasteiger partial charge is 0.252 e. The van der Waals surface area contributed by atoms with Crippen molar-refractivity contribution in [1.82, 2.24) is 0 Å². The summed E-state index contributed by atoms with van der Waals surface area (Å²) in [6.45, 7) is 21.0. The first-order chi connectivity index (χ1) is 40.1. The van der Waals surface area contributed by atoms with Gasteiger partial charge in [0.15, 0.2) is 0 Å². The van der Waals surface area contributed by atoms with E-state index < -0.39 is 0 Å². The number of benzene rings is 13. The third-order valence-corrected chi connectivity index (χ3v) is 18.2. The Morgan fingerprint density at radius 2 is 0.807 bits per heavy atom. The lowest BCUT2D eigenvalue weighted by Crippen LogP contribution is -2.61. The molecule has 13 aromatic rings. The zero-order valence-electron chi connectivity index (χ0n) is 49.1. The first kappa shape index (κ1) is 50.8. The summed E-state index contributed by atoms with van der Waals surface area (Å²) >= 11 is 0. The van der Waals surface area contributed by atoms with Gasteiger partial charge in [0.2, 0.25) is 0 Å². The van der Waals surface area contributed by atoms with Crippen LogP contribution in [0.25, 0.3) is 87.6 Å². The Morgan fingerprint density at radius 3 is 1.47 bits per heavy atom. The second kappa shape index (κ2) is 18.7. The van der Waals surface area contributed by atoms with Gasteiger partial charge in [0.1, 0.15) is 0 Å². The predicted molar refractivity (Wildman–Crippen MR) is 360 cm³/mol. The molecule has 0 atom stereocenters. The quantitative estimate of drug-likeness (QED) is 0.121. The Hall–Kier alpha value is -9.18. The molecule has 2 nitrogen and oxygen atoms in total. The summed E-state index contributed by atoms with van der Waals surface area (Å²) in [5.41, 5.74) is 24.4. The van der Waals surface area contributed by atoms with Crippen molar-refractivity contribution < 1.29 is 0 Å². The predicted octanol–water partition coefficient (Wildman–Crippen LogP) is 20.4. The molecule has 83 heavy (non-hydrogen) atoms. The molecule has 0 saturated carbocycles. The molecule has 2 aliphatic rings. The molecule has 3 heteroatoms. The highest BCUT2D eigenvalue weighted by molar-refractivity contribution is 7.00. The largest absolute Gasteiger partial charge is 0.311 e. The molecule has 0 amide bonds.